The standard InChI is InChI=1S/C21H20ClFN2O3S2/c1-13-5-7-15(30(27,28)25-9-3-2-4-10-25)12-17(13)24-21(26)20-19(22)16-8-6-14(23)11-18(16)29-20/h5-8,11-12H,2-4,9-10H2,1H3,(H,24,26). The molecular weight excluding hydrogens is 447 g/mol. The average Bonchev–Trinajstić information content (AvgIpc) is 3.06. The minimum Gasteiger partial charge on any atom is -0.321 e. The van der Waals surface area contributed by atoms with Crippen LogP contribution in [0.25, 0.3) is 10.1 Å². The zero-order valence-corrected chi connectivity index (χ0v) is 18.6. The van der Waals surface area contributed by atoms with Crippen LogP contribution in [0.2, 0.25) is 5.02 Å². The Balaban J connectivity index is 1.64. The van der Waals surface area contributed by atoms with Crippen LogP contribution in [0.5, 0.6) is 0 Å². The Bertz CT molecular complexity index is 1230. The summed E-state index contributed by atoms with van der Waals surface area (Å²) in [4.78, 5) is 13.3. The number of fused-ring (bicyclic) bond motifs is 1. The van der Waals surface area contributed by atoms with Gasteiger partial charge in [-0.15, -0.1) is 11.3 Å². The minimum atomic E-state index is -3.62. The molecule has 1 aliphatic rings. The molecule has 1 fully saturated rings. The van der Waals surface area contributed by atoms with Crippen LogP contribution in [0, 0.1) is 12.7 Å². The van der Waals surface area contributed by atoms with Gasteiger partial charge in [-0.05, 0) is 55.7 Å². The van der Waals surface area contributed by atoms with Crippen LogP contribution < -0.4 is 5.32 Å². The first-order valence-electron chi connectivity index (χ1n) is 9.57. The maximum absolute atomic E-state index is 13.5. The Labute approximate surface area is 183 Å². The lowest BCUT2D eigenvalue weighted by Gasteiger charge is -2.26. The number of piperidine rings is 1. The molecule has 1 N–H and O–H groups in total. The number of benzene rings is 2. The van der Waals surface area contributed by atoms with E-state index < -0.39 is 21.7 Å². The third-order valence-electron chi connectivity index (χ3n) is 5.21. The topological polar surface area (TPSA) is 66.5 Å². The first-order chi connectivity index (χ1) is 14.3. The molecule has 1 aromatic heterocycles. The summed E-state index contributed by atoms with van der Waals surface area (Å²) in [6.45, 7) is 2.80. The molecule has 2 aromatic carbocycles. The molecule has 0 spiro atoms. The van der Waals surface area contributed by atoms with Crippen molar-refractivity contribution in [1.82, 2.24) is 4.31 Å². The van der Waals surface area contributed by atoms with Gasteiger partial charge >= 0.3 is 0 Å². The van der Waals surface area contributed by atoms with Crippen molar-refractivity contribution in [2.45, 2.75) is 31.1 Å². The van der Waals surface area contributed by atoms with Gasteiger partial charge in [-0.3, -0.25) is 4.79 Å². The number of carbonyl (C=O) groups is 1. The van der Waals surface area contributed by atoms with Gasteiger partial charge in [-0.25, -0.2) is 12.8 Å². The van der Waals surface area contributed by atoms with Crippen molar-refractivity contribution >= 4 is 54.6 Å². The second-order valence-corrected chi connectivity index (χ2v) is 10.6. The summed E-state index contributed by atoms with van der Waals surface area (Å²) < 4.78 is 41.5. The van der Waals surface area contributed by atoms with Gasteiger partial charge in [0.25, 0.3) is 5.91 Å². The molecule has 9 heteroatoms. The lowest BCUT2D eigenvalue weighted by atomic mass is 10.2. The summed E-state index contributed by atoms with van der Waals surface area (Å²) >= 11 is 7.43. The van der Waals surface area contributed by atoms with E-state index in [1.165, 1.54) is 28.6 Å². The largest absolute Gasteiger partial charge is 0.321 e. The lowest BCUT2D eigenvalue weighted by molar-refractivity contribution is 0.103. The van der Waals surface area contributed by atoms with Crippen LogP contribution >= 0.6 is 22.9 Å². The number of anilines is 1. The van der Waals surface area contributed by atoms with E-state index >= 15 is 0 Å². The molecule has 0 aliphatic carbocycles. The summed E-state index contributed by atoms with van der Waals surface area (Å²) in [5, 5.41) is 3.62. The smallest absolute Gasteiger partial charge is 0.267 e. The van der Waals surface area contributed by atoms with Gasteiger partial charge in [-0.1, -0.05) is 24.1 Å². The Morgan fingerprint density at radius 1 is 1.13 bits per heavy atom. The van der Waals surface area contributed by atoms with E-state index in [4.69, 9.17) is 11.6 Å². The van der Waals surface area contributed by atoms with Crippen molar-refractivity contribution in [3.63, 3.8) is 0 Å². The number of halogens is 2. The Morgan fingerprint density at radius 3 is 2.60 bits per heavy atom. The molecule has 0 radical (unpaired) electrons. The first-order valence-corrected chi connectivity index (χ1v) is 12.2. The normalized spacial score (nSPS) is 15.4. The highest BCUT2D eigenvalue weighted by Crippen LogP contribution is 2.36. The van der Waals surface area contributed by atoms with Crippen LogP contribution in [0.4, 0.5) is 10.1 Å². The molecule has 2 heterocycles. The monoisotopic (exact) mass is 466 g/mol. The zero-order chi connectivity index (χ0) is 21.5. The van der Waals surface area contributed by atoms with Gasteiger partial charge in [0.15, 0.2) is 0 Å². The van der Waals surface area contributed by atoms with Crippen molar-refractivity contribution < 1.29 is 17.6 Å². The number of thiophene rings is 1. The molecule has 158 valence electrons. The Hall–Kier alpha value is -2.00. The van der Waals surface area contributed by atoms with Crippen molar-refractivity contribution in [1.29, 1.82) is 0 Å². The quantitative estimate of drug-likeness (QED) is 0.557. The van der Waals surface area contributed by atoms with E-state index in [-0.39, 0.29) is 14.8 Å². The highest BCUT2D eigenvalue weighted by atomic mass is 35.5. The predicted octanol–water partition coefficient (Wildman–Crippen LogP) is 5.43. The van der Waals surface area contributed by atoms with E-state index in [1.807, 2.05) is 0 Å². The van der Waals surface area contributed by atoms with Gasteiger partial charge in [0.1, 0.15) is 10.7 Å². The summed E-state index contributed by atoms with van der Waals surface area (Å²) in [5.74, 6) is -0.865. The van der Waals surface area contributed by atoms with E-state index in [0.29, 0.717) is 28.9 Å². The number of carbonyl (C=O) groups excluding carboxylic acids is 1. The molecule has 5 nitrogen and oxygen atoms in total. The minimum absolute atomic E-state index is 0.148. The van der Waals surface area contributed by atoms with Crippen molar-refractivity contribution in [3.05, 3.63) is 57.7 Å². The second kappa shape index (κ2) is 8.26. The van der Waals surface area contributed by atoms with Gasteiger partial charge in [-0.2, -0.15) is 4.31 Å². The van der Waals surface area contributed by atoms with E-state index in [2.05, 4.69) is 5.32 Å². The fraction of sp³-hybridized carbons (Fsp3) is 0.286. The van der Waals surface area contributed by atoms with Crippen LogP contribution in [0.15, 0.2) is 41.3 Å². The summed E-state index contributed by atoms with van der Waals surface area (Å²) in [6, 6.07) is 8.88. The SMILES string of the molecule is Cc1ccc(S(=O)(=O)N2CCCCC2)cc1NC(=O)c1sc2cc(F)ccc2c1Cl. The molecule has 0 saturated carbocycles. The van der Waals surface area contributed by atoms with Gasteiger partial charge in [0.2, 0.25) is 10.0 Å². The third kappa shape index (κ3) is 3.97. The molecular formula is C21H20ClFN2O3S2. The van der Waals surface area contributed by atoms with Crippen LogP contribution in [0.1, 0.15) is 34.5 Å². The summed E-state index contributed by atoms with van der Waals surface area (Å²) in [5.41, 5.74) is 1.13. The summed E-state index contributed by atoms with van der Waals surface area (Å²) in [6.07, 6.45) is 2.72. The number of hydrogen-bond donors (Lipinski definition) is 1. The van der Waals surface area contributed by atoms with Crippen LogP contribution in [-0.4, -0.2) is 31.7 Å². The van der Waals surface area contributed by atoms with Gasteiger partial charge < -0.3 is 5.32 Å². The Morgan fingerprint density at radius 2 is 1.87 bits per heavy atom. The van der Waals surface area contributed by atoms with Gasteiger partial charge in [0.05, 0.1) is 9.92 Å². The maximum Gasteiger partial charge on any atom is 0.267 e. The highest BCUT2D eigenvalue weighted by molar-refractivity contribution is 7.89. The summed E-state index contributed by atoms with van der Waals surface area (Å²) in [7, 11) is -3.62. The molecule has 4 rings (SSSR count). The molecule has 3 aromatic rings. The van der Waals surface area contributed by atoms with Crippen LogP contribution in [0.3, 0.4) is 0 Å². The fourth-order valence-electron chi connectivity index (χ4n) is 3.51. The Kier molecular flexibility index (Phi) is 5.85. The number of amides is 1. The van der Waals surface area contributed by atoms with E-state index in [1.54, 1.807) is 19.1 Å². The van der Waals surface area contributed by atoms with Crippen molar-refractivity contribution in [2.75, 3.05) is 18.4 Å². The molecule has 0 unspecified atom stereocenters. The second-order valence-electron chi connectivity index (χ2n) is 7.28. The molecule has 1 saturated heterocycles. The number of nitrogens with one attached hydrogen (secondary N) is 1. The van der Waals surface area contributed by atoms with Crippen molar-refractivity contribution in [3.8, 4) is 0 Å². The fourth-order valence-corrected chi connectivity index (χ4v) is 6.50. The molecule has 0 atom stereocenters. The molecule has 0 bridgehead atoms. The van der Waals surface area contributed by atoms with Crippen LogP contribution in [-0.2, 0) is 10.0 Å². The number of hydrogen-bond acceptors (Lipinski definition) is 4. The van der Waals surface area contributed by atoms with E-state index in [9.17, 15) is 17.6 Å². The van der Waals surface area contributed by atoms with E-state index in [0.717, 1.165) is 36.2 Å². The molecule has 1 amide bonds. The molecule has 30 heavy (non-hydrogen) atoms. The zero-order valence-electron chi connectivity index (χ0n) is 16.2. The number of rotatable bonds is 4. The highest BCUT2D eigenvalue weighted by Gasteiger charge is 2.27. The number of aryl methyl sites for hydroxylation is 1. The predicted molar refractivity (Wildman–Crippen MR) is 119 cm³/mol. The lowest BCUT2D eigenvalue weighted by Crippen LogP contribution is -2.35. The molecule has 1 aliphatic heterocycles. The first kappa shape index (κ1) is 21.2. The maximum atomic E-state index is 13.5. The van der Waals surface area contributed by atoms with Gasteiger partial charge in [0, 0.05) is 28.9 Å². The third-order valence-corrected chi connectivity index (χ3v) is 8.76. The average molecular weight is 467 g/mol. The van der Waals surface area contributed by atoms with Crippen molar-refractivity contribution in [2.24, 2.45) is 0 Å². The number of sulfonamides is 1. The number of nitrogens with zero attached hydrogens (tertiary/aromatic N) is 1.